The van der Waals surface area contributed by atoms with Crippen molar-refractivity contribution in [3.8, 4) is 0 Å². The number of hydrogen-bond donors (Lipinski definition) is 2. The number of rotatable bonds is 4. The lowest BCUT2D eigenvalue weighted by molar-refractivity contribution is 0.236. The van der Waals surface area contributed by atoms with Crippen LogP contribution in [0.5, 0.6) is 0 Å². The second-order valence-electron chi connectivity index (χ2n) is 3.95. The van der Waals surface area contributed by atoms with E-state index in [0.29, 0.717) is 5.69 Å². The average Bonchev–Trinajstić information content (AvgIpc) is 2.83. The second kappa shape index (κ2) is 5.36. The third kappa shape index (κ3) is 3.17. The van der Waals surface area contributed by atoms with Crippen LogP contribution in [0.1, 0.15) is 11.3 Å². The number of hydrogen-bond acceptors (Lipinski definition) is 4. The minimum absolute atomic E-state index is 0.200. The van der Waals surface area contributed by atoms with Gasteiger partial charge in [-0.15, -0.1) is 0 Å². The smallest absolute Gasteiger partial charge is 0.295 e. The van der Waals surface area contributed by atoms with Crippen LogP contribution in [-0.2, 0) is 16.6 Å². The van der Waals surface area contributed by atoms with Gasteiger partial charge in [-0.2, -0.15) is 8.42 Å². The molecular formula is C12H12BrNO4S. The van der Waals surface area contributed by atoms with Crippen molar-refractivity contribution in [2.24, 2.45) is 0 Å². The maximum absolute atomic E-state index is 12.0. The first-order chi connectivity index (χ1) is 8.92. The normalized spacial score (nSPS) is 11.5. The van der Waals surface area contributed by atoms with Crippen molar-refractivity contribution in [2.45, 2.75) is 18.6 Å². The zero-order valence-corrected chi connectivity index (χ0v) is 12.5. The molecule has 0 aliphatic rings. The van der Waals surface area contributed by atoms with Crippen molar-refractivity contribution in [3.63, 3.8) is 0 Å². The van der Waals surface area contributed by atoms with Crippen LogP contribution in [0.2, 0.25) is 0 Å². The van der Waals surface area contributed by atoms with Gasteiger partial charge < -0.3 is 9.52 Å². The average molecular weight is 346 g/mol. The van der Waals surface area contributed by atoms with Gasteiger partial charge in [0.05, 0.1) is 5.69 Å². The Morgan fingerprint density at radius 3 is 2.63 bits per heavy atom. The summed E-state index contributed by atoms with van der Waals surface area (Å²) in [6, 6.07) is 7.84. The summed E-state index contributed by atoms with van der Waals surface area (Å²) in [6.45, 7) is 1.56. The van der Waals surface area contributed by atoms with E-state index in [4.69, 9.17) is 9.52 Å². The zero-order valence-electron chi connectivity index (χ0n) is 10.1. The topological polar surface area (TPSA) is 79.5 Å². The summed E-state index contributed by atoms with van der Waals surface area (Å²) < 4.78 is 32.3. The highest BCUT2D eigenvalue weighted by molar-refractivity contribution is 9.10. The molecule has 1 aromatic heterocycles. The molecule has 0 unspecified atom stereocenters. The highest BCUT2D eigenvalue weighted by Gasteiger charge is 2.19. The summed E-state index contributed by atoms with van der Waals surface area (Å²) in [5.41, 5.74) is 1.43. The van der Waals surface area contributed by atoms with E-state index in [2.05, 4.69) is 20.7 Å². The summed E-state index contributed by atoms with van der Waals surface area (Å²) in [4.78, 5) is 0. The molecule has 2 aromatic rings. The Kier molecular flexibility index (Phi) is 3.98. The fourth-order valence-corrected chi connectivity index (χ4v) is 2.83. The molecule has 0 aliphatic heterocycles. The predicted molar refractivity (Wildman–Crippen MR) is 74.3 cm³/mol. The summed E-state index contributed by atoms with van der Waals surface area (Å²) in [5.74, 6) is 0.200. The third-order valence-electron chi connectivity index (χ3n) is 2.48. The highest BCUT2D eigenvalue weighted by Crippen LogP contribution is 2.23. The SMILES string of the molecule is Cc1ccc(NS(=O)(=O)c2ccc(CO)o2)cc1Br. The minimum atomic E-state index is -3.78. The fourth-order valence-electron chi connectivity index (χ4n) is 1.45. The van der Waals surface area contributed by atoms with Crippen LogP contribution in [0.3, 0.4) is 0 Å². The number of halogens is 1. The van der Waals surface area contributed by atoms with Gasteiger partial charge >= 0.3 is 0 Å². The largest absolute Gasteiger partial charge is 0.445 e. The van der Waals surface area contributed by atoms with Gasteiger partial charge in [0.2, 0.25) is 5.09 Å². The quantitative estimate of drug-likeness (QED) is 0.892. The van der Waals surface area contributed by atoms with Gasteiger partial charge in [-0.05, 0) is 36.8 Å². The summed E-state index contributed by atoms with van der Waals surface area (Å²) >= 11 is 3.33. The van der Waals surface area contributed by atoms with Gasteiger partial charge in [0.25, 0.3) is 10.0 Å². The van der Waals surface area contributed by atoms with E-state index in [0.717, 1.165) is 10.0 Å². The first kappa shape index (κ1) is 14.1. The van der Waals surface area contributed by atoms with Crippen LogP contribution in [0.15, 0.2) is 44.3 Å². The van der Waals surface area contributed by atoms with Crippen molar-refractivity contribution >= 4 is 31.6 Å². The Bertz CT molecular complexity index is 694. The van der Waals surface area contributed by atoms with Gasteiger partial charge in [0.1, 0.15) is 12.4 Å². The number of benzene rings is 1. The second-order valence-corrected chi connectivity index (χ2v) is 6.42. The van der Waals surface area contributed by atoms with Crippen molar-refractivity contribution in [3.05, 3.63) is 46.1 Å². The summed E-state index contributed by atoms with van der Waals surface area (Å²) in [6.07, 6.45) is 0. The summed E-state index contributed by atoms with van der Waals surface area (Å²) in [5, 5.41) is 8.63. The molecule has 102 valence electrons. The van der Waals surface area contributed by atoms with Crippen LogP contribution in [0.4, 0.5) is 5.69 Å². The van der Waals surface area contributed by atoms with E-state index >= 15 is 0 Å². The molecule has 19 heavy (non-hydrogen) atoms. The molecule has 0 saturated carbocycles. The van der Waals surface area contributed by atoms with Crippen molar-refractivity contribution in [1.29, 1.82) is 0 Å². The maximum Gasteiger partial charge on any atom is 0.295 e. The van der Waals surface area contributed by atoms with E-state index in [9.17, 15) is 8.42 Å². The molecule has 0 amide bonds. The van der Waals surface area contributed by atoms with Gasteiger partial charge in [-0.25, -0.2) is 0 Å². The van der Waals surface area contributed by atoms with Gasteiger partial charge in [0, 0.05) is 4.47 Å². The number of anilines is 1. The number of aliphatic hydroxyl groups is 1. The lowest BCUT2D eigenvalue weighted by Gasteiger charge is -2.07. The molecule has 0 atom stereocenters. The first-order valence-corrected chi connectivity index (χ1v) is 7.68. The van der Waals surface area contributed by atoms with Crippen molar-refractivity contribution < 1.29 is 17.9 Å². The molecule has 1 aromatic carbocycles. The molecule has 0 saturated heterocycles. The lowest BCUT2D eigenvalue weighted by atomic mass is 10.2. The zero-order chi connectivity index (χ0) is 14.0. The van der Waals surface area contributed by atoms with Crippen LogP contribution < -0.4 is 4.72 Å². The molecule has 0 spiro atoms. The predicted octanol–water partition coefficient (Wildman–Crippen LogP) is 2.64. The van der Waals surface area contributed by atoms with Crippen LogP contribution in [0, 0.1) is 6.92 Å². The molecule has 0 bridgehead atoms. The molecule has 1 heterocycles. The van der Waals surface area contributed by atoms with Crippen LogP contribution in [0.25, 0.3) is 0 Å². The molecule has 0 fully saturated rings. The van der Waals surface area contributed by atoms with Gasteiger partial charge in [0.15, 0.2) is 0 Å². The van der Waals surface area contributed by atoms with Crippen molar-refractivity contribution in [2.75, 3.05) is 4.72 Å². The highest BCUT2D eigenvalue weighted by atomic mass is 79.9. The van der Waals surface area contributed by atoms with Gasteiger partial charge in [-0.1, -0.05) is 22.0 Å². The van der Waals surface area contributed by atoms with E-state index in [1.165, 1.54) is 12.1 Å². The number of nitrogens with one attached hydrogen (secondary N) is 1. The Labute approximate surface area is 119 Å². The number of sulfonamides is 1. The first-order valence-electron chi connectivity index (χ1n) is 5.41. The number of aliphatic hydroxyl groups excluding tert-OH is 1. The maximum atomic E-state index is 12.0. The molecule has 5 nitrogen and oxygen atoms in total. The molecule has 0 aliphatic carbocycles. The van der Waals surface area contributed by atoms with Crippen molar-refractivity contribution in [1.82, 2.24) is 0 Å². The molecular weight excluding hydrogens is 334 g/mol. The third-order valence-corrected chi connectivity index (χ3v) is 4.59. The Balaban J connectivity index is 2.28. The standard InChI is InChI=1S/C12H12BrNO4S/c1-8-2-3-9(6-11(8)13)14-19(16,17)12-5-4-10(7-15)18-12/h2-6,14-15H,7H2,1H3. The van der Waals surface area contributed by atoms with Crippen LogP contribution >= 0.6 is 15.9 Å². The minimum Gasteiger partial charge on any atom is -0.445 e. The Morgan fingerprint density at radius 1 is 1.32 bits per heavy atom. The van der Waals surface area contributed by atoms with E-state index in [1.54, 1.807) is 18.2 Å². The summed E-state index contributed by atoms with van der Waals surface area (Å²) in [7, 11) is -3.78. The lowest BCUT2D eigenvalue weighted by Crippen LogP contribution is -2.12. The fraction of sp³-hybridized carbons (Fsp3) is 0.167. The monoisotopic (exact) mass is 345 g/mol. The molecule has 2 N–H and O–H groups in total. The van der Waals surface area contributed by atoms with Crippen LogP contribution in [-0.4, -0.2) is 13.5 Å². The molecule has 0 radical (unpaired) electrons. The van der Waals surface area contributed by atoms with E-state index in [-0.39, 0.29) is 17.5 Å². The Morgan fingerprint density at radius 2 is 2.05 bits per heavy atom. The molecule has 7 heteroatoms. The van der Waals surface area contributed by atoms with E-state index in [1.807, 2.05) is 6.92 Å². The Hall–Kier alpha value is -1.31. The number of furan rings is 1. The molecule has 2 rings (SSSR count). The number of aryl methyl sites for hydroxylation is 1. The van der Waals surface area contributed by atoms with E-state index < -0.39 is 10.0 Å². The van der Waals surface area contributed by atoms with Gasteiger partial charge in [-0.3, -0.25) is 4.72 Å².